The normalized spacial score (nSPS) is 10.4. The molecular weight excluding hydrogens is 204 g/mol. The van der Waals surface area contributed by atoms with Gasteiger partial charge in [-0.05, 0) is 13.3 Å². The SMILES string of the molecule is CCc1cc(NCc2cc(C)no2)ncn1. The maximum atomic E-state index is 5.09. The predicted molar refractivity (Wildman–Crippen MR) is 60.0 cm³/mol. The van der Waals surface area contributed by atoms with Gasteiger partial charge in [0.15, 0.2) is 5.76 Å². The van der Waals surface area contributed by atoms with E-state index in [1.54, 1.807) is 6.33 Å². The van der Waals surface area contributed by atoms with Gasteiger partial charge in [0.25, 0.3) is 0 Å². The number of aromatic nitrogens is 3. The van der Waals surface area contributed by atoms with Crippen molar-refractivity contribution in [3.8, 4) is 0 Å². The highest BCUT2D eigenvalue weighted by atomic mass is 16.5. The number of nitrogens with one attached hydrogen (secondary N) is 1. The number of hydrogen-bond donors (Lipinski definition) is 1. The third-order valence-electron chi connectivity index (χ3n) is 2.21. The van der Waals surface area contributed by atoms with Crippen molar-refractivity contribution in [3.63, 3.8) is 0 Å². The molecule has 0 saturated heterocycles. The average Bonchev–Trinajstić information content (AvgIpc) is 2.73. The smallest absolute Gasteiger partial charge is 0.156 e. The summed E-state index contributed by atoms with van der Waals surface area (Å²) in [5, 5.41) is 6.98. The zero-order valence-electron chi connectivity index (χ0n) is 9.40. The van der Waals surface area contributed by atoms with E-state index in [0.29, 0.717) is 6.54 Å². The summed E-state index contributed by atoms with van der Waals surface area (Å²) in [5.41, 5.74) is 1.90. The molecule has 0 aliphatic heterocycles. The van der Waals surface area contributed by atoms with E-state index in [4.69, 9.17) is 4.52 Å². The predicted octanol–water partition coefficient (Wildman–Crippen LogP) is 1.95. The molecule has 0 bridgehead atoms. The number of aryl methyl sites for hydroxylation is 2. The lowest BCUT2D eigenvalue weighted by atomic mass is 10.3. The first-order chi connectivity index (χ1) is 7.78. The molecule has 0 saturated carbocycles. The van der Waals surface area contributed by atoms with E-state index < -0.39 is 0 Å². The molecule has 84 valence electrons. The molecule has 2 aromatic rings. The Morgan fingerprint density at radius 3 is 2.88 bits per heavy atom. The zero-order valence-corrected chi connectivity index (χ0v) is 9.40. The minimum Gasteiger partial charge on any atom is -0.363 e. The van der Waals surface area contributed by atoms with Crippen LogP contribution in [-0.2, 0) is 13.0 Å². The molecule has 0 amide bonds. The summed E-state index contributed by atoms with van der Waals surface area (Å²) >= 11 is 0. The Morgan fingerprint density at radius 2 is 2.19 bits per heavy atom. The topological polar surface area (TPSA) is 63.8 Å². The Kier molecular flexibility index (Phi) is 3.14. The highest BCUT2D eigenvalue weighted by Crippen LogP contribution is 2.08. The fourth-order valence-electron chi connectivity index (χ4n) is 1.36. The fraction of sp³-hybridized carbons (Fsp3) is 0.364. The lowest BCUT2D eigenvalue weighted by Gasteiger charge is -2.03. The lowest BCUT2D eigenvalue weighted by Crippen LogP contribution is -2.01. The molecule has 0 aliphatic rings. The molecule has 0 aromatic carbocycles. The lowest BCUT2D eigenvalue weighted by molar-refractivity contribution is 0.384. The molecule has 0 unspecified atom stereocenters. The first kappa shape index (κ1) is 10.6. The van der Waals surface area contributed by atoms with Gasteiger partial charge in [-0.15, -0.1) is 0 Å². The van der Waals surface area contributed by atoms with Crippen LogP contribution in [0.4, 0.5) is 5.82 Å². The first-order valence-electron chi connectivity index (χ1n) is 5.25. The van der Waals surface area contributed by atoms with E-state index in [1.807, 2.05) is 19.1 Å². The molecule has 0 spiro atoms. The number of nitrogens with zero attached hydrogens (tertiary/aromatic N) is 3. The Balaban J connectivity index is 1.99. The summed E-state index contributed by atoms with van der Waals surface area (Å²) in [6, 6.07) is 3.83. The van der Waals surface area contributed by atoms with Gasteiger partial charge in [-0.25, -0.2) is 9.97 Å². The highest BCUT2D eigenvalue weighted by Gasteiger charge is 2.01. The minimum absolute atomic E-state index is 0.584. The van der Waals surface area contributed by atoms with Gasteiger partial charge in [-0.3, -0.25) is 0 Å². The van der Waals surface area contributed by atoms with E-state index in [2.05, 4.69) is 27.4 Å². The molecule has 5 heteroatoms. The van der Waals surface area contributed by atoms with E-state index in [9.17, 15) is 0 Å². The van der Waals surface area contributed by atoms with Gasteiger partial charge in [0.2, 0.25) is 0 Å². The fourth-order valence-corrected chi connectivity index (χ4v) is 1.36. The van der Waals surface area contributed by atoms with Crippen molar-refractivity contribution in [1.29, 1.82) is 0 Å². The van der Waals surface area contributed by atoms with Crippen LogP contribution in [0.15, 0.2) is 23.0 Å². The van der Waals surface area contributed by atoms with Gasteiger partial charge in [-0.1, -0.05) is 12.1 Å². The second-order valence-electron chi connectivity index (χ2n) is 3.54. The molecule has 5 nitrogen and oxygen atoms in total. The number of hydrogen-bond acceptors (Lipinski definition) is 5. The molecule has 16 heavy (non-hydrogen) atoms. The summed E-state index contributed by atoms with van der Waals surface area (Å²) in [6.07, 6.45) is 2.46. The van der Waals surface area contributed by atoms with Crippen LogP contribution >= 0.6 is 0 Å². The van der Waals surface area contributed by atoms with Crippen molar-refractivity contribution in [2.24, 2.45) is 0 Å². The van der Waals surface area contributed by atoms with Crippen LogP contribution in [0.5, 0.6) is 0 Å². The standard InChI is InChI=1S/C11H14N4O/c1-3-9-5-11(14-7-13-9)12-6-10-4-8(2)15-16-10/h4-5,7H,3,6H2,1-2H3,(H,12,13,14). The van der Waals surface area contributed by atoms with Crippen molar-refractivity contribution >= 4 is 5.82 Å². The van der Waals surface area contributed by atoms with Crippen LogP contribution in [0.25, 0.3) is 0 Å². The maximum Gasteiger partial charge on any atom is 0.156 e. The van der Waals surface area contributed by atoms with Gasteiger partial charge < -0.3 is 9.84 Å². The summed E-state index contributed by atoms with van der Waals surface area (Å²) in [5.74, 6) is 1.61. The Labute approximate surface area is 93.9 Å². The van der Waals surface area contributed by atoms with Crippen molar-refractivity contribution in [1.82, 2.24) is 15.1 Å². The van der Waals surface area contributed by atoms with Crippen molar-refractivity contribution in [2.75, 3.05) is 5.32 Å². The van der Waals surface area contributed by atoms with Crippen LogP contribution in [0.2, 0.25) is 0 Å². The number of anilines is 1. The Hall–Kier alpha value is -1.91. The van der Waals surface area contributed by atoms with Gasteiger partial charge in [0.05, 0.1) is 12.2 Å². The Bertz CT molecular complexity index is 467. The second kappa shape index (κ2) is 4.74. The minimum atomic E-state index is 0.584. The summed E-state index contributed by atoms with van der Waals surface area (Å²) in [4.78, 5) is 8.26. The largest absolute Gasteiger partial charge is 0.363 e. The molecule has 2 aromatic heterocycles. The summed E-state index contributed by atoms with van der Waals surface area (Å²) < 4.78 is 5.09. The molecule has 0 atom stereocenters. The van der Waals surface area contributed by atoms with E-state index in [0.717, 1.165) is 29.4 Å². The quantitative estimate of drug-likeness (QED) is 0.849. The van der Waals surface area contributed by atoms with Gasteiger partial charge in [0, 0.05) is 17.8 Å². The Morgan fingerprint density at radius 1 is 1.31 bits per heavy atom. The van der Waals surface area contributed by atoms with Crippen molar-refractivity contribution in [3.05, 3.63) is 35.6 Å². The van der Waals surface area contributed by atoms with Crippen LogP contribution in [0.3, 0.4) is 0 Å². The molecule has 2 heterocycles. The molecule has 2 rings (SSSR count). The zero-order chi connectivity index (χ0) is 11.4. The van der Waals surface area contributed by atoms with Crippen LogP contribution in [-0.4, -0.2) is 15.1 Å². The van der Waals surface area contributed by atoms with Crippen LogP contribution in [0, 0.1) is 6.92 Å². The maximum absolute atomic E-state index is 5.09. The third-order valence-corrected chi connectivity index (χ3v) is 2.21. The third kappa shape index (κ3) is 2.56. The molecule has 0 fully saturated rings. The average molecular weight is 218 g/mol. The first-order valence-corrected chi connectivity index (χ1v) is 5.25. The van der Waals surface area contributed by atoms with Crippen molar-refractivity contribution < 1.29 is 4.52 Å². The summed E-state index contributed by atoms with van der Waals surface area (Å²) in [6.45, 7) is 4.54. The van der Waals surface area contributed by atoms with E-state index in [1.165, 1.54) is 0 Å². The van der Waals surface area contributed by atoms with Crippen molar-refractivity contribution in [2.45, 2.75) is 26.8 Å². The summed E-state index contributed by atoms with van der Waals surface area (Å²) in [7, 11) is 0. The molecule has 0 radical (unpaired) electrons. The van der Waals surface area contributed by atoms with Gasteiger partial charge in [0.1, 0.15) is 12.1 Å². The molecule has 1 N–H and O–H groups in total. The monoisotopic (exact) mass is 218 g/mol. The van der Waals surface area contributed by atoms with Crippen LogP contribution < -0.4 is 5.32 Å². The highest BCUT2D eigenvalue weighted by molar-refractivity contribution is 5.35. The second-order valence-corrected chi connectivity index (χ2v) is 3.54. The van der Waals surface area contributed by atoms with Gasteiger partial charge >= 0.3 is 0 Å². The number of rotatable bonds is 4. The molecular formula is C11H14N4O. The van der Waals surface area contributed by atoms with E-state index in [-0.39, 0.29) is 0 Å². The molecule has 0 aliphatic carbocycles. The van der Waals surface area contributed by atoms with Gasteiger partial charge in [-0.2, -0.15) is 0 Å². The van der Waals surface area contributed by atoms with Crippen LogP contribution in [0.1, 0.15) is 24.1 Å². The van der Waals surface area contributed by atoms with E-state index >= 15 is 0 Å².